The molecule has 0 atom stereocenters. The van der Waals surface area contributed by atoms with E-state index in [1.165, 1.54) is 0 Å². The average Bonchev–Trinajstić information content (AvgIpc) is 2.46. The van der Waals surface area contributed by atoms with Crippen molar-refractivity contribution in [3.05, 3.63) is 42.5 Å². The van der Waals surface area contributed by atoms with Gasteiger partial charge in [-0.05, 0) is 18.4 Å². The number of Topliss-reactive ketones (excluding diaryl/α,β-unsaturated/α-hetero) is 1. The molecule has 0 saturated heterocycles. The first-order chi connectivity index (χ1) is 10.1. The van der Waals surface area contributed by atoms with E-state index in [0.717, 1.165) is 16.5 Å². The number of rotatable bonds is 6. The smallest absolute Gasteiger partial charge is 0.313 e. The number of fused-ring (bicyclic) bond motifs is 1. The van der Waals surface area contributed by atoms with E-state index in [-0.39, 0.29) is 18.7 Å². The van der Waals surface area contributed by atoms with Gasteiger partial charge in [0, 0.05) is 18.1 Å². The maximum Gasteiger partial charge on any atom is 0.313 e. The van der Waals surface area contributed by atoms with Gasteiger partial charge < -0.3 is 9.64 Å². The van der Waals surface area contributed by atoms with E-state index in [2.05, 4.69) is 0 Å². The summed E-state index contributed by atoms with van der Waals surface area (Å²) in [5.74, 6) is -0.613. The Kier molecular flexibility index (Phi) is 4.93. The number of ether oxygens (including phenoxy) is 1. The first kappa shape index (κ1) is 15.0. The SMILES string of the molecule is CCOC(=O)CC(=O)CN(C)c1cccc2ccccc12. The van der Waals surface area contributed by atoms with Gasteiger partial charge >= 0.3 is 5.97 Å². The molecular weight excluding hydrogens is 266 g/mol. The lowest BCUT2D eigenvalue weighted by Crippen LogP contribution is -2.27. The van der Waals surface area contributed by atoms with Crippen molar-refractivity contribution >= 4 is 28.2 Å². The van der Waals surface area contributed by atoms with Gasteiger partial charge in [0.05, 0.1) is 13.2 Å². The molecule has 2 rings (SSSR count). The Balaban J connectivity index is 2.10. The third kappa shape index (κ3) is 3.81. The second kappa shape index (κ2) is 6.88. The van der Waals surface area contributed by atoms with Crippen molar-refractivity contribution in [3.8, 4) is 0 Å². The number of benzene rings is 2. The van der Waals surface area contributed by atoms with Crippen LogP contribution in [0.25, 0.3) is 10.8 Å². The summed E-state index contributed by atoms with van der Waals surface area (Å²) in [6, 6.07) is 14.0. The van der Waals surface area contributed by atoms with Gasteiger partial charge in [0.2, 0.25) is 0 Å². The highest BCUT2D eigenvalue weighted by Crippen LogP contribution is 2.25. The van der Waals surface area contributed by atoms with Crippen molar-refractivity contribution in [3.63, 3.8) is 0 Å². The van der Waals surface area contributed by atoms with Crippen LogP contribution in [0.5, 0.6) is 0 Å². The third-order valence-electron chi connectivity index (χ3n) is 3.24. The van der Waals surface area contributed by atoms with Crippen molar-refractivity contribution in [2.24, 2.45) is 0 Å². The minimum atomic E-state index is -0.464. The number of nitrogens with zero attached hydrogens (tertiary/aromatic N) is 1. The van der Waals surface area contributed by atoms with Crippen molar-refractivity contribution in [2.75, 3.05) is 25.1 Å². The molecule has 0 amide bonds. The Morgan fingerprint density at radius 2 is 1.81 bits per heavy atom. The molecule has 0 saturated carbocycles. The Morgan fingerprint density at radius 3 is 2.57 bits per heavy atom. The van der Waals surface area contributed by atoms with Crippen LogP contribution in [0.2, 0.25) is 0 Å². The van der Waals surface area contributed by atoms with Crippen LogP contribution in [-0.4, -0.2) is 32.0 Å². The van der Waals surface area contributed by atoms with Crippen LogP contribution < -0.4 is 4.90 Å². The second-order valence-corrected chi connectivity index (χ2v) is 4.87. The summed E-state index contributed by atoms with van der Waals surface area (Å²) in [4.78, 5) is 25.1. The molecule has 0 unspecified atom stereocenters. The quantitative estimate of drug-likeness (QED) is 0.605. The number of carbonyl (C=O) groups is 2. The monoisotopic (exact) mass is 285 g/mol. The van der Waals surface area contributed by atoms with Crippen LogP contribution in [0.3, 0.4) is 0 Å². The number of hydrogen-bond donors (Lipinski definition) is 0. The van der Waals surface area contributed by atoms with Crippen LogP contribution in [0, 0.1) is 0 Å². The Labute approximate surface area is 124 Å². The van der Waals surface area contributed by atoms with E-state index >= 15 is 0 Å². The standard InChI is InChI=1S/C17H19NO3/c1-3-21-17(20)11-14(19)12-18(2)16-10-6-8-13-7-4-5-9-15(13)16/h4-10H,3,11-12H2,1-2H3. The van der Waals surface area contributed by atoms with E-state index in [4.69, 9.17) is 4.74 Å². The van der Waals surface area contributed by atoms with Crippen molar-refractivity contribution in [1.29, 1.82) is 0 Å². The van der Waals surface area contributed by atoms with Gasteiger partial charge in [-0.1, -0.05) is 36.4 Å². The summed E-state index contributed by atoms with van der Waals surface area (Å²) in [7, 11) is 1.85. The largest absolute Gasteiger partial charge is 0.466 e. The van der Waals surface area contributed by atoms with E-state index < -0.39 is 5.97 Å². The lowest BCUT2D eigenvalue weighted by Gasteiger charge is -2.20. The minimum absolute atomic E-state index is 0.149. The predicted octanol–water partition coefficient (Wildman–Crippen LogP) is 2.80. The molecular formula is C17H19NO3. The molecule has 0 radical (unpaired) electrons. The number of esters is 1. The zero-order valence-electron chi connectivity index (χ0n) is 12.3. The fraction of sp³-hybridized carbons (Fsp3) is 0.294. The van der Waals surface area contributed by atoms with Gasteiger partial charge in [0.1, 0.15) is 6.42 Å². The van der Waals surface area contributed by atoms with Crippen molar-refractivity contribution in [1.82, 2.24) is 0 Å². The number of likely N-dealkylation sites (N-methyl/N-ethyl adjacent to an activating group) is 1. The van der Waals surface area contributed by atoms with Crippen LogP contribution in [0.15, 0.2) is 42.5 Å². The zero-order valence-corrected chi connectivity index (χ0v) is 12.3. The van der Waals surface area contributed by atoms with E-state index in [1.54, 1.807) is 6.92 Å². The minimum Gasteiger partial charge on any atom is -0.466 e. The number of ketones is 1. The second-order valence-electron chi connectivity index (χ2n) is 4.87. The molecule has 0 aromatic heterocycles. The average molecular weight is 285 g/mol. The summed E-state index contributed by atoms with van der Waals surface area (Å²) in [6.45, 7) is 2.21. The van der Waals surface area contributed by atoms with Gasteiger partial charge in [-0.3, -0.25) is 9.59 Å². The predicted molar refractivity (Wildman–Crippen MR) is 83.5 cm³/mol. The summed E-state index contributed by atoms with van der Waals surface area (Å²) < 4.78 is 4.79. The molecule has 0 bridgehead atoms. The molecule has 21 heavy (non-hydrogen) atoms. The van der Waals surface area contributed by atoms with Crippen LogP contribution >= 0.6 is 0 Å². The lowest BCUT2D eigenvalue weighted by atomic mass is 10.1. The lowest BCUT2D eigenvalue weighted by molar-refractivity contribution is -0.145. The first-order valence-electron chi connectivity index (χ1n) is 6.98. The van der Waals surface area contributed by atoms with Crippen LogP contribution in [0.1, 0.15) is 13.3 Å². The van der Waals surface area contributed by atoms with Gasteiger partial charge in [0.25, 0.3) is 0 Å². The Morgan fingerprint density at radius 1 is 1.10 bits per heavy atom. The number of hydrogen-bond acceptors (Lipinski definition) is 4. The summed E-state index contributed by atoms with van der Waals surface area (Å²) >= 11 is 0. The molecule has 4 nitrogen and oxygen atoms in total. The molecule has 0 aliphatic carbocycles. The Hall–Kier alpha value is -2.36. The fourth-order valence-electron chi connectivity index (χ4n) is 2.32. The normalized spacial score (nSPS) is 10.4. The van der Waals surface area contributed by atoms with Gasteiger partial charge in [-0.25, -0.2) is 0 Å². The molecule has 2 aromatic carbocycles. The van der Waals surface area contributed by atoms with E-state index in [1.807, 2.05) is 54.4 Å². The molecule has 2 aromatic rings. The maximum atomic E-state index is 11.9. The van der Waals surface area contributed by atoms with Gasteiger partial charge in [-0.15, -0.1) is 0 Å². The molecule has 0 aliphatic rings. The number of anilines is 1. The highest BCUT2D eigenvalue weighted by molar-refractivity contribution is 6.00. The third-order valence-corrected chi connectivity index (χ3v) is 3.24. The van der Waals surface area contributed by atoms with Crippen molar-refractivity contribution in [2.45, 2.75) is 13.3 Å². The summed E-state index contributed by atoms with van der Waals surface area (Å²) in [5.41, 5.74) is 0.977. The summed E-state index contributed by atoms with van der Waals surface area (Å²) in [6.07, 6.45) is -0.178. The van der Waals surface area contributed by atoms with Crippen LogP contribution in [0.4, 0.5) is 5.69 Å². The van der Waals surface area contributed by atoms with E-state index in [0.29, 0.717) is 6.61 Å². The molecule has 0 N–H and O–H groups in total. The fourth-order valence-corrected chi connectivity index (χ4v) is 2.32. The van der Waals surface area contributed by atoms with Crippen molar-refractivity contribution < 1.29 is 14.3 Å². The molecule has 0 aliphatic heterocycles. The molecule has 0 fully saturated rings. The Bertz CT molecular complexity index is 646. The van der Waals surface area contributed by atoms with Gasteiger partial charge in [-0.2, -0.15) is 0 Å². The zero-order chi connectivity index (χ0) is 15.2. The molecule has 0 heterocycles. The van der Waals surface area contributed by atoms with Crippen LogP contribution in [-0.2, 0) is 14.3 Å². The summed E-state index contributed by atoms with van der Waals surface area (Å²) in [5, 5.41) is 2.21. The maximum absolute atomic E-state index is 11.9. The molecule has 110 valence electrons. The van der Waals surface area contributed by atoms with Gasteiger partial charge in [0.15, 0.2) is 5.78 Å². The highest BCUT2D eigenvalue weighted by atomic mass is 16.5. The number of carbonyl (C=O) groups excluding carboxylic acids is 2. The highest BCUT2D eigenvalue weighted by Gasteiger charge is 2.14. The topological polar surface area (TPSA) is 46.6 Å². The molecule has 4 heteroatoms. The van der Waals surface area contributed by atoms with E-state index in [9.17, 15) is 9.59 Å². The first-order valence-corrected chi connectivity index (χ1v) is 6.98. The molecule has 0 spiro atoms.